The summed E-state index contributed by atoms with van der Waals surface area (Å²) in [6, 6.07) is 14.0. The molecular formula is C25H17Br2FN4O6. The number of imide groups is 1. The van der Waals surface area contributed by atoms with Gasteiger partial charge in [-0.2, -0.15) is 0 Å². The Morgan fingerprint density at radius 3 is 2.39 bits per heavy atom. The van der Waals surface area contributed by atoms with Crippen molar-refractivity contribution >= 4 is 67.2 Å². The molecule has 0 unspecified atom stereocenters. The topological polar surface area (TPSA) is 131 Å². The van der Waals surface area contributed by atoms with Crippen molar-refractivity contribution in [3.8, 4) is 5.75 Å². The summed E-state index contributed by atoms with van der Waals surface area (Å²) in [7, 11) is 0. The molecule has 1 saturated heterocycles. The Morgan fingerprint density at radius 2 is 1.76 bits per heavy atom. The van der Waals surface area contributed by atoms with Crippen LogP contribution in [0.1, 0.15) is 11.1 Å². The number of nitro benzene ring substituents is 1. The van der Waals surface area contributed by atoms with E-state index in [1.54, 1.807) is 24.3 Å². The first kappa shape index (κ1) is 26.9. The van der Waals surface area contributed by atoms with Crippen LogP contribution in [0.2, 0.25) is 0 Å². The van der Waals surface area contributed by atoms with Crippen LogP contribution >= 0.6 is 31.9 Å². The largest absolute Gasteiger partial charge is 0.487 e. The van der Waals surface area contributed by atoms with Crippen LogP contribution < -0.4 is 15.4 Å². The van der Waals surface area contributed by atoms with Crippen LogP contribution in [-0.4, -0.2) is 34.2 Å². The third-order valence-electron chi connectivity index (χ3n) is 5.27. The van der Waals surface area contributed by atoms with E-state index in [4.69, 9.17) is 4.74 Å². The van der Waals surface area contributed by atoms with E-state index in [0.29, 0.717) is 25.2 Å². The van der Waals surface area contributed by atoms with Crippen LogP contribution in [0.4, 0.5) is 20.6 Å². The van der Waals surface area contributed by atoms with E-state index >= 15 is 0 Å². The summed E-state index contributed by atoms with van der Waals surface area (Å²) in [5.74, 6) is -1.64. The zero-order valence-electron chi connectivity index (χ0n) is 19.2. The molecule has 1 aliphatic heterocycles. The van der Waals surface area contributed by atoms with Crippen molar-refractivity contribution in [2.24, 2.45) is 0 Å². The number of hydrogen-bond donors (Lipinski definition) is 2. The highest BCUT2D eigenvalue weighted by Gasteiger charge is 2.35. The first-order valence-corrected chi connectivity index (χ1v) is 12.4. The van der Waals surface area contributed by atoms with Gasteiger partial charge in [-0.3, -0.25) is 19.7 Å². The number of benzene rings is 3. The maximum Gasteiger partial charge on any atom is 0.329 e. The van der Waals surface area contributed by atoms with Gasteiger partial charge in [-0.15, -0.1) is 0 Å². The maximum atomic E-state index is 13.8. The number of carbonyl (C=O) groups excluding carboxylic acids is 3. The van der Waals surface area contributed by atoms with E-state index in [1.807, 2.05) is 0 Å². The number of nitro groups is 1. The predicted octanol–water partition coefficient (Wildman–Crippen LogP) is 5.37. The Kier molecular flexibility index (Phi) is 8.17. The summed E-state index contributed by atoms with van der Waals surface area (Å²) in [6.07, 6.45) is 1.44. The van der Waals surface area contributed by atoms with Crippen molar-refractivity contribution in [3.63, 3.8) is 0 Å². The minimum Gasteiger partial charge on any atom is -0.487 e. The number of halogens is 3. The fourth-order valence-electron chi connectivity index (χ4n) is 3.45. The minimum atomic E-state index is -0.786. The van der Waals surface area contributed by atoms with Gasteiger partial charge in [0.25, 0.3) is 11.6 Å². The highest BCUT2D eigenvalue weighted by Crippen LogP contribution is 2.36. The fraction of sp³-hybridized carbons (Fsp3) is 0.0800. The molecule has 38 heavy (non-hydrogen) atoms. The molecule has 4 amide bonds. The van der Waals surface area contributed by atoms with E-state index < -0.39 is 35.1 Å². The minimum absolute atomic E-state index is 0.0219. The maximum absolute atomic E-state index is 13.8. The second-order valence-corrected chi connectivity index (χ2v) is 9.64. The van der Waals surface area contributed by atoms with E-state index in [0.717, 1.165) is 5.56 Å². The number of amides is 4. The molecule has 0 radical (unpaired) electrons. The lowest BCUT2D eigenvalue weighted by atomic mass is 10.1. The van der Waals surface area contributed by atoms with E-state index in [2.05, 4.69) is 42.5 Å². The second kappa shape index (κ2) is 11.5. The number of ether oxygens (including phenoxy) is 1. The molecule has 0 atom stereocenters. The monoisotopic (exact) mass is 646 g/mol. The number of anilines is 1. The molecular weight excluding hydrogens is 631 g/mol. The lowest BCUT2D eigenvalue weighted by Crippen LogP contribution is -2.38. The molecule has 0 spiro atoms. The van der Waals surface area contributed by atoms with Gasteiger partial charge in [0.2, 0.25) is 5.91 Å². The summed E-state index contributed by atoms with van der Waals surface area (Å²) in [6.45, 7) is -0.451. The lowest BCUT2D eigenvalue weighted by molar-refractivity contribution is -0.384. The van der Waals surface area contributed by atoms with Gasteiger partial charge < -0.3 is 15.4 Å². The van der Waals surface area contributed by atoms with Crippen molar-refractivity contribution < 1.29 is 28.4 Å². The van der Waals surface area contributed by atoms with Gasteiger partial charge in [-0.05, 0) is 85.5 Å². The standard InChI is InChI=1S/C25H17Br2FN4O6/c26-17-9-15(10-18(27)23(17)38-13-14-5-7-16(8-6-14)32(36)37)11-21-24(34)31(25(35)30-21)12-22(33)29-20-4-2-1-3-19(20)28/h1-11H,12-13H2,(H,29,33)(H,30,35)/b21-11+. The number of carbonyl (C=O) groups is 3. The summed E-state index contributed by atoms with van der Waals surface area (Å²) < 4.78 is 20.7. The Balaban J connectivity index is 1.43. The van der Waals surface area contributed by atoms with Crippen molar-refractivity contribution in [1.29, 1.82) is 0 Å². The molecule has 2 N–H and O–H groups in total. The molecule has 1 aliphatic rings. The van der Waals surface area contributed by atoms with Gasteiger partial charge in [0.15, 0.2) is 0 Å². The van der Waals surface area contributed by atoms with Crippen molar-refractivity contribution in [3.05, 3.63) is 102 Å². The fourth-order valence-corrected chi connectivity index (χ4v) is 4.90. The number of nitrogens with zero attached hydrogens (tertiary/aromatic N) is 2. The number of rotatable bonds is 8. The van der Waals surface area contributed by atoms with E-state index in [-0.39, 0.29) is 23.7 Å². The van der Waals surface area contributed by atoms with Gasteiger partial charge in [-0.25, -0.2) is 14.1 Å². The molecule has 3 aromatic rings. The molecule has 0 aliphatic carbocycles. The molecule has 13 heteroatoms. The molecule has 0 saturated carbocycles. The molecule has 0 aromatic heterocycles. The summed E-state index contributed by atoms with van der Waals surface area (Å²) in [5, 5.41) is 15.6. The number of nitrogens with one attached hydrogen (secondary N) is 2. The molecule has 194 valence electrons. The third kappa shape index (κ3) is 6.23. The Bertz CT molecular complexity index is 1460. The SMILES string of the molecule is O=C(CN1C(=O)N/C(=C/c2cc(Br)c(OCc3ccc([N+](=O)[O-])cc3)c(Br)c2)C1=O)Nc1ccccc1F. The lowest BCUT2D eigenvalue weighted by Gasteiger charge is -2.12. The van der Waals surface area contributed by atoms with Gasteiger partial charge in [0.1, 0.15) is 30.4 Å². The first-order chi connectivity index (χ1) is 18.1. The summed E-state index contributed by atoms with van der Waals surface area (Å²) in [4.78, 5) is 48.4. The Morgan fingerprint density at radius 1 is 1.11 bits per heavy atom. The summed E-state index contributed by atoms with van der Waals surface area (Å²) in [5.41, 5.74) is 1.12. The second-order valence-electron chi connectivity index (χ2n) is 7.93. The normalized spacial score (nSPS) is 14.0. The average molecular weight is 648 g/mol. The zero-order chi connectivity index (χ0) is 27.4. The van der Waals surface area contributed by atoms with Crippen LogP contribution in [0, 0.1) is 15.9 Å². The van der Waals surface area contributed by atoms with Crippen LogP contribution in [0.5, 0.6) is 5.75 Å². The first-order valence-electron chi connectivity index (χ1n) is 10.9. The Labute approximate surface area is 231 Å². The van der Waals surface area contributed by atoms with E-state index in [1.165, 1.54) is 42.5 Å². The van der Waals surface area contributed by atoms with Crippen LogP contribution in [-0.2, 0) is 16.2 Å². The molecule has 4 rings (SSSR count). The highest BCUT2D eigenvalue weighted by atomic mass is 79.9. The number of para-hydroxylation sites is 1. The quantitative estimate of drug-likeness (QED) is 0.146. The van der Waals surface area contributed by atoms with Gasteiger partial charge in [-0.1, -0.05) is 12.1 Å². The third-order valence-corrected chi connectivity index (χ3v) is 6.45. The van der Waals surface area contributed by atoms with Crippen molar-refractivity contribution in [1.82, 2.24) is 10.2 Å². The zero-order valence-corrected chi connectivity index (χ0v) is 22.4. The number of urea groups is 1. The van der Waals surface area contributed by atoms with Crippen LogP contribution in [0.3, 0.4) is 0 Å². The van der Waals surface area contributed by atoms with Crippen LogP contribution in [0.15, 0.2) is 75.3 Å². The molecule has 3 aromatic carbocycles. The van der Waals surface area contributed by atoms with Gasteiger partial charge in [0.05, 0.1) is 19.6 Å². The average Bonchev–Trinajstić information content (AvgIpc) is 3.12. The summed E-state index contributed by atoms with van der Waals surface area (Å²) >= 11 is 6.84. The van der Waals surface area contributed by atoms with Crippen LogP contribution in [0.25, 0.3) is 6.08 Å². The van der Waals surface area contributed by atoms with Crippen molar-refractivity contribution in [2.75, 3.05) is 11.9 Å². The Hall–Kier alpha value is -4.10. The molecule has 10 nitrogen and oxygen atoms in total. The van der Waals surface area contributed by atoms with Gasteiger partial charge >= 0.3 is 6.03 Å². The van der Waals surface area contributed by atoms with Crippen molar-refractivity contribution in [2.45, 2.75) is 6.61 Å². The highest BCUT2D eigenvalue weighted by molar-refractivity contribution is 9.11. The number of hydrogen-bond acceptors (Lipinski definition) is 6. The van der Waals surface area contributed by atoms with E-state index in [9.17, 15) is 28.9 Å². The van der Waals surface area contributed by atoms with Gasteiger partial charge in [0, 0.05) is 12.1 Å². The molecule has 1 heterocycles. The predicted molar refractivity (Wildman–Crippen MR) is 143 cm³/mol. The smallest absolute Gasteiger partial charge is 0.329 e. The number of non-ortho nitro benzene ring substituents is 1. The molecule has 1 fully saturated rings. The molecule has 0 bridgehead atoms.